The van der Waals surface area contributed by atoms with Crippen molar-refractivity contribution in [1.82, 2.24) is 0 Å². The van der Waals surface area contributed by atoms with Gasteiger partial charge in [0, 0.05) is 7.11 Å². The maximum absolute atomic E-state index is 7.00. The number of nitrogens with two attached hydrogens (primary N) is 1. The van der Waals surface area contributed by atoms with Crippen LogP contribution in [0.15, 0.2) is 0 Å². The lowest BCUT2D eigenvalue weighted by molar-refractivity contribution is 0.399. The normalized spacial score (nSPS) is 14.7. The van der Waals surface area contributed by atoms with E-state index in [4.69, 9.17) is 5.11 Å². The van der Waals surface area contributed by atoms with Gasteiger partial charge in [-0.25, -0.2) is 0 Å². The fourth-order valence-electron chi connectivity index (χ4n) is 0.884. The van der Waals surface area contributed by atoms with E-state index in [0.29, 0.717) is 0 Å². The average Bonchev–Trinajstić information content (AvgIpc) is 2.51. The first-order valence-corrected chi connectivity index (χ1v) is 3.52. The molecule has 0 heterocycles. The quantitative estimate of drug-likeness (QED) is 0.520. The third kappa shape index (κ3) is 11.5. The van der Waals surface area contributed by atoms with Crippen molar-refractivity contribution in [3.8, 4) is 0 Å². The smallest absolute Gasteiger partial charge is 0.0319 e. The first-order chi connectivity index (χ1) is 4.50. The molecule has 58 valence electrons. The molecule has 0 amide bonds. The Bertz CT molecular complexity index is 20.5. The Labute approximate surface area is 58.1 Å². The van der Waals surface area contributed by atoms with Crippen molar-refractivity contribution in [1.29, 1.82) is 0 Å². The lowest BCUT2D eigenvalue weighted by Crippen LogP contribution is -1.69. The summed E-state index contributed by atoms with van der Waals surface area (Å²) in [4.78, 5) is 0. The van der Waals surface area contributed by atoms with Gasteiger partial charge in [0.1, 0.15) is 0 Å². The van der Waals surface area contributed by atoms with Crippen LogP contribution in [0.25, 0.3) is 0 Å². The molecule has 0 aliphatic heterocycles. The number of aliphatic hydroxyl groups is 1. The van der Waals surface area contributed by atoms with E-state index in [1.165, 1.54) is 39.2 Å². The van der Waals surface area contributed by atoms with E-state index in [-0.39, 0.29) is 0 Å². The second kappa shape index (κ2) is 15.7. The van der Waals surface area contributed by atoms with Gasteiger partial charge in [-0.2, -0.15) is 0 Å². The molecular formula is C7H19NO. The van der Waals surface area contributed by atoms with E-state index < -0.39 is 0 Å². The van der Waals surface area contributed by atoms with Crippen LogP contribution < -0.4 is 5.73 Å². The van der Waals surface area contributed by atoms with Crippen LogP contribution in [0, 0.1) is 0 Å². The first-order valence-electron chi connectivity index (χ1n) is 3.52. The van der Waals surface area contributed by atoms with Crippen molar-refractivity contribution >= 4 is 0 Å². The Morgan fingerprint density at radius 1 is 0.778 bits per heavy atom. The van der Waals surface area contributed by atoms with Crippen molar-refractivity contribution in [2.75, 3.05) is 14.2 Å². The van der Waals surface area contributed by atoms with E-state index in [1.54, 1.807) is 0 Å². The highest BCUT2D eigenvalue weighted by molar-refractivity contribution is 4.51. The summed E-state index contributed by atoms with van der Waals surface area (Å²) in [6.45, 7) is 0. The zero-order valence-electron chi connectivity index (χ0n) is 6.56. The van der Waals surface area contributed by atoms with Gasteiger partial charge in [-0.15, -0.1) is 0 Å². The minimum absolute atomic E-state index is 1.00. The van der Waals surface area contributed by atoms with Crippen molar-refractivity contribution in [3.05, 3.63) is 0 Å². The molecule has 1 fully saturated rings. The highest BCUT2D eigenvalue weighted by Gasteiger charge is 1.95. The van der Waals surface area contributed by atoms with E-state index in [1.807, 2.05) is 0 Å². The molecule has 1 aliphatic carbocycles. The van der Waals surface area contributed by atoms with Gasteiger partial charge in [0.05, 0.1) is 0 Å². The molecule has 3 N–H and O–H groups in total. The van der Waals surface area contributed by atoms with Crippen LogP contribution >= 0.6 is 0 Å². The summed E-state index contributed by atoms with van der Waals surface area (Å²) in [6, 6.07) is 0. The molecule has 0 bridgehead atoms. The predicted octanol–water partition coefficient (Wildman–Crippen LogP) is 1.13. The number of hydrogen-bond donors (Lipinski definition) is 2. The fourth-order valence-corrected chi connectivity index (χ4v) is 0.884. The van der Waals surface area contributed by atoms with Gasteiger partial charge in [-0.3, -0.25) is 0 Å². The Kier molecular flexibility index (Phi) is 20.3. The molecule has 9 heavy (non-hydrogen) atoms. The van der Waals surface area contributed by atoms with Gasteiger partial charge in [-0.05, 0) is 7.05 Å². The molecule has 0 aromatic carbocycles. The van der Waals surface area contributed by atoms with Gasteiger partial charge in [0.15, 0.2) is 0 Å². The molecule has 0 saturated heterocycles. The maximum Gasteiger partial charge on any atom is 0.0319 e. The molecular weight excluding hydrogens is 114 g/mol. The van der Waals surface area contributed by atoms with Crippen molar-refractivity contribution in [2.24, 2.45) is 5.73 Å². The predicted molar refractivity (Wildman–Crippen MR) is 41.3 cm³/mol. The van der Waals surface area contributed by atoms with Crippen molar-refractivity contribution in [2.45, 2.75) is 32.1 Å². The third-order valence-electron chi connectivity index (χ3n) is 1.25. The van der Waals surface area contributed by atoms with Crippen LogP contribution in [-0.2, 0) is 0 Å². The molecule has 0 aromatic heterocycles. The molecule has 0 spiro atoms. The topological polar surface area (TPSA) is 46.2 Å². The van der Waals surface area contributed by atoms with Crippen molar-refractivity contribution < 1.29 is 5.11 Å². The fraction of sp³-hybridized carbons (Fsp3) is 1.00. The van der Waals surface area contributed by atoms with E-state index in [9.17, 15) is 0 Å². The van der Waals surface area contributed by atoms with Gasteiger partial charge < -0.3 is 10.8 Å². The van der Waals surface area contributed by atoms with Gasteiger partial charge in [0.2, 0.25) is 0 Å². The lowest BCUT2D eigenvalue weighted by Gasteiger charge is -1.67. The highest BCUT2D eigenvalue weighted by atomic mass is 16.2. The average molecular weight is 133 g/mol. The second-order valence-electron chi connectivity index (χ2n) is 1.77. The van der Waals surface area contributed by atoms with Crippen LogP contribution in [0.2, 0.25) is 0 Å². The molecule has 0 unspecified atom stereocenters. The van der Waals surface area contributed by atoms with Crippen LogP contribution in [-0.4, -0.2) is 19.3 Å². The van der Waals surface area contributed by atoms with Gasteiger partial charge in [-0.1, -0.05) is 32.1 Å². The second-order valence-corrected chi connectivity index (χ2v) is 1.77. The van der Waals surface area contributed by atoms with Crippen LogP contribution in [0.4, 0.5) is 0 Å². The largest absolute Gasteiger partial charge is 0.400 e. The molecule has 0 atom stereocenters. The van der Waals surface area contributed by atoms with Crippen LogP contribution in [0.1, 0.15) is 32.1 Å². The maximum atomic E-state index is 7.00. The lowest BCUT2D eigenvalue weighted by atomic mass is 10.4. The van der Waals surface area contributed by atoms with Crippen molar-refractivity contribution in [3.63, 3.8) is 0 Å². The summed E-state index contributed by atoms with van der Waals surface area (Å²) in [5, 5.41) is 7.00. The number of aliphatic hydroxyl groups excluding tert-OH is 1. The molecule has 2 nitrogen and oxygen atoms in total. The molecule has 1 aliphatic rings. The van der Waals surface area contributed by atoms with Gasteiger partial charge in [0.25, 0.3) is 0 Å². The SMILES string of the molecule is C1CCCC1.CN.CO. The van der Waals surface area contributed by atoms with Crippen LogP contribution in [0.3, 0.4) is 0 Å². The van der Waals surface area contributed by atoms with E-state index in [0.717, 1.165) is 7.11 Å². The monoisotopic (exact) mass is 133 g/mol. The summed E-state index contributed by atoms with van der Waals surface area (Å²) in [7, 11) is 2.50. The minimum Gasteiger partial charge on any atom is -0.400 e. The summed E-state index contributed by atoms with van der Waals surface area (Å²) in [5.74, 6) is 0. The van der Waals surface area contributed by atoms with E-state index >= 15 is 0 Å². The Morgan fingerprint density at radius 3 is 1.00 bits per heavy atom. The number of rotatable bonds is 0. The molecule has 0 radical (unpaired) electrons. The first kappa shape index (κ1) is 11.7. The van der Waals surface area contributed by atoms with Gasteiger partial charge >= 0.3 is 0 Å². The third-order valence-corrected chi connectivity index (χ3v) is 1.25. The van der Waals surface area contributed by atoms with Crippen LogP contribution in [0.5, 0.6) is 0 Å². The molecule has 1 rings (SSSR count). The summed E-state index contributed by atoms with van der Waals surface area (Å²) >= 11 is 0. The summed E-state index contributed by atoms with van der Waals surface area (Å²) < 4.78 is 0. The minimum atomic E-state index is 1.00. The zero-order valence-corrected chi connectivity index (χ0v) is 6.56. The highest BCUT2D eigenvalue weighted by Crippen LogP contribution is 2.15. The zero-order chi connectivity index (χ0) is 7.54. The van der Waals surface area contributed by atoms with E-state index in [2.05, 4.69) is 5.73 Å². The summed E-state index contributed by atoms with van der Waals surface area (Å²) in [5.41, 5.74) is 4.50. The number of hydrogen-bond acceptors (Lipinski definition) is 2. The Morgan fingerprint density at radius 2 is 0.889 bits per heavy atom. The summed E-state index contributed by atoms with van der Waals surface area (Å²) in [6.07, 6.45) is 7.50. The standard InChI is InChI=1S/C5H10.CH5N.CH4O/c1-2-4-5-3-1;2*1-2/h1-5H2;2H2,1H3;2H,1H3. The molecule has 2 heteroatoms. The molecule has 0 aromatic rings. The Balaban J connectivity index is 0. The molecule has 1 saturated carbocycles. The Hall–Kier alpha value is -0.0800.